The fraction of sp³-hybridized carbons (Fsp3) is 0.286. The Balaban J connectivity index is 1.46. The molecule has 1 aliphatic rings. The van der Waals surface area contributed by atoms with E-state index in [-0.39, 0.29) is 11.2 Å². The van der Waals surface area contributed by atoms with Crippen LogP contribution >= 0.6 is 0 Å². The van der Waals surface area contributed by atoms with Crippen LogP contribution in [0, 0.1) is 5.82 Å². The van der Waals surface area contributed by atoms with E-state index in [1.165, 1.54) is 18.5 Å². The fourth-order valence-electron chi connectivity index (χ4n) is 3.92. The molecule has 5 rings (SSSR count). The predicted octanol–water partition coefficient (Wildman–Crippen LogP) is 2.90. The number of aromatic nitrogens is 6. The highest BCUT2D eigenvalue weighted by atomic mass is 19.1. The minimum atomic E-state index is -0.234. The van der Waals surface area contributed by atoms with Crippen molar-refractivity contribution in [3.05, 3.63) is 66.6 Å². The molecule has 0 amide bonds. The maximum atomic E-state index is 13.5. The van der Waals surface area contributed by atoms with Crippen molar-refractivity contribution in [3.63, 3.8) is 0 Å². The Morgan fingerprint density at radius 2 is 1.80 bits per heavy atom. The highest BCUT2D eigenvalue weighted by Gasteiger charge is 2.34. The van der Waals surface area contributed by atoms with Crippen molar-refractivity contribution in [3.8, 4) is 5.95 Å². The molecule has 0 atom stereocenters. The van der Waals surface area contributed by atoms with Crippen molar-refractivity contribution in [2.45, 2.75) is 18.3 Å². The molecule has 0 saturated carbocycles. The Hall–Kier alpha value is -3.46. The van der Waals surface area contributed by atoms with Gasteiger partial charge < -0.3 is 10.1 Å². The van der Waals surface area contributed by atoms with E-state index in [0.717, 1.165) is 23.8 Å². The summed E-state index contributed by atoms with van der Waals surface area (Å²) in [5, 5.41) is 8.66. The summed E-state index contributed by atoms with van der Waals surface area (Å²) < 4.78 is 20.6. The molecule has 1 aromatic carbocycles. The van der Waals surface area contributed by atoms with E-state index in [1.807, 2.05) is 12.1 Å². The third-order valence-corrected chi connectivity index (χ3v) is 5.61. The largest absolute Gasteiger partial charge is 0.381 e. The maximum Gasteiger partial charge on any atom is 0.252 e. The summed E-state index contributed by atoms with van der Waals surface area (Å²) in [6, 6.07) is 8.50. The molecule has 1 fully saturated rings. The lowest BCUT2D eigenvalue weighted by molar-refractivity contribution is 0.0543. The van der Waals surface area contributed by atoms with E-state index in [9.17, 15) is 4.39 Å². The van der Waals surface area contributed by atoms with Crippen LogP contribution in [-0.2, 0) is 10.2 Å². The highest BCUT2D eigenvalue weighted by molar-refractivity contribution is 5.86. The van der Waals surface area contributed by atoms with E-state index in [1.54, 1.807) is 29.3 Å². The Morgan fingerprint density at radius 3 is 2.57 bits per heavy atom. The Morgan fingerprint density at radius 1 is 1.03 bits per heavy atom. The summed E-state index contributed by atoms with van der Waals surface area (Å²) in [4.78, 5) is 17.3. The highest BCUT2D eigenvalue weighted by Crippen LogP contribution is 2.35. The molecule has 3 aromatic heterocycles. The van der Waals surface area contributed by atoms with Gasteiger partial charge >= 0.3 is 0 Å². The molecule has 1 saturated heterocycles. The molecule has 4 heterocycles. The molecule has 0 aliphatic carbocycles. The quantitative estimate of drug-likeness (QED) is 0.546. The maximum absolute atomic E-state index is 13.5. The number of ether oxygens (including phenoxy) is 1. The van der Waals surface area contributed by atoms with E-state index < -0.39 is 0 Å². The lowest BCUT2D eigenvalue weighted by Gasteiger charge is -2.38. The molecule has 0 unspecified atom stereocenters. The van der Waals surface area contributed by atoms with Crippen LogP contribution in [0.2, 0.25) is 0 Å². The zero-order valence-electron chi connectivity index (χ0n) is 16.2. The van der Waals surface area contributed by atoms with Gasteiger partial charge in [0.1, 0.15) is 18.0 Å². The molecule has 0 bridgehead atoms. The lowest BCUT2D eigenvalue weighted by atomic mass is 9.74. The summed E-state index contributed by atoms with van der Waals surface area (Å²) in [6.07, 6.45) is 8.22. The van der Waals surface area contributed by atoms with Gasteiger partial charge in [-0.1, -0.05) is 12.1 Å². The second kappa shape index (κ2) is 7.75. The second-order valence-corrected chi connectivity index (χ2v) is 7.32. The third kappa shape index (κ3) is 3.37. The van der Waals surface area contributed by atoms with Crippen LogP contribution in [0.15, 0.2) is 55.2 Å². The van der Waals surface area contributed by atoms with Crippen LogP contribution in [0.5, 0.6) is 0 Å². The van der Waals surface area contributed by atoms with Gasteiger partial charge in [0.05, 0.1) is 11.6 Å². The smallest absolute Gasteiger partial charge is 0.252 e. The van der Waals surface area contributed by atoms with Crippen LogP contribution in [-0.4, -0.2) is 49.5 Å². The number of rotatable bonds is 5. The number of nitrogens with zero attached hydrogens (tertiary/aromatic N) is 6. The first-order valence-corrected chi connectivity index (χ1v) is 9.79. The molecule has 1 N–H and O–H groups in total. The minimum Gasteiger partial charge on any atom is -0.381 e. The molecule has 9 heteroatoms. The van der Waals surface area contributed by atoms with Crippen LogP contribution in [0.1, 0.15) is 18.4 Å². The van der Waals surface area contributed by atoms with Gasteiger partial charge in [-0.15, -0.1) is 0 Å². The van der Waals surface area contributed by atoms with E-state index in [2.05, 4.69) is 30.4 Å². The zero-order chi connectivity index (χ0) is 20.4. The van der Waals surface area contributed by atoms with E-state index in [4.69, 9.17) is 4.74 Å². The number of benzene rings is 1. The Bertz CT molecular complexity index is 1140. The van der Waals surface area contributed by atoms with Crippen LogP contribution in [0.3, 0.4) is 0 Å². The van der Waals surface area contributed by atoms with Gasteiger partial charge in [-0.25, -0.2) is 24.3 Å². The van der Waals surface area contributed by atoms with Crippen molar-refractivity contribution in [1.82, 2.24) is 29.7 Å². The molecular formula is C21H20FN7O. The van der Waals surface area contributed by atoms with E-state index >= 15 is 0 Å². The van der Waals surface area contributed by atoms with Gasteiger partial charge in [-0.3, -0.25) is 0 Å². The number of anilines is 1. The molecule has 0 radical (unpaired) electrons. The average molecular weight is 405 g/mol. The predicted molar refractivity (Wildman–Crippen MR) is 109 cm³/mol. The van der Waals surface area contributed by atoms with Gasteiger partial charge in [0.15, 0.2) is 5.65 Å². The first kappa shape index (κ1) is 18.6. The zero-order valence-corrected chi connectivity index (χ0v) is 16.2. The van der Waals surface area contributed by atoms with Gasteiger partial charge in [-0.05, 0) is 36.6 Å². The summed E-state index contributed by atoms with van der Waals surface area (Å²) in [5.41, 5.74) is 1.56. The standard InChI is InChI=1S/C21H20FN7O/c22-16-4-2-15(3-5-16)21(6-10-30-11-7-21)13-25-18-17-12-28-29(19(17)27-14-26-18)20-23-8-1-9-24-20/h1-5,8-9,12,14H,6-7,10-11,13H2,(H,25,26,27). The number of hydrogen-bond donors (Lipinski definition) is 1. The lowest BCUT2D eigenvalue weighted by Crippen LogP contribution is -2.40. The van der Waals surface area contributed by atoms with Gasteiger partial charge in [0.2, 0.25) is 0 Å². The fourth-order valence-corrected chi connectivity index (χ4v) is 3.92. The summed E-state index contributed by atoms with van der Waals surface area (Å²) >= 11 is 0. The molecule has 0 spiro atoms. The monoisotopic (exact) mass is 405 g/mol. The van der Waals surface area contributed by atoms with E-state index in [0.29, 0.717) is 37.2 Å². The van der Waals surface area contributed by atoms with Crippen molar-refractivity contribution in [2.75, 3.05) is 25.1 Å². The number of halogens is 1. The Kier molecular flexibility index (Phi) is 4.80. The third-order valence-electron chi connectivity index (χ3n) is 5.61. The first-order valence-electron chi connectivity index (χ1n) is 9.79. The molecular weight excluding hydrogens is 385 g/mol. The minimum absolute atomic E-state index is 0.165. The van der Waals surface area contributed by atoms with Crippen molar-refractivity contribution < 1.29 is 9.13 Å². The molecule has 8 nitrogen and oxygen atoms in total. The van der Waals surface area contributed by atoms with Gasteiger partial charge in [0.25, 0.3) is 5.95 Å². The van der Waals surface area contributed by atoms with Crippen LogP contribution < -0.4 is 5.32 Å². The van der Waals surface area contributed by atoms with Crippen LogP contribution in [0.4, 0.5) is 10.2 Å². The molecule has 4 aromatic rings. The summed E-state index contributed by atoms with van der Waals surface area (Å²) in [5.74, 6) is 0.904. The SMILES string of the molecule is Fc1ccc(C2(CNc3ncnc4c3cnn4-c3ncccn3)CCOCC2)cc1. The van der Waals surface area contributed by atoms with Crippen molar-refractivity contribution in [1.29, 1.82) is 0 Å². The van der Waals surface area contributed by atoms with Crippen LogP contribution in [0.25, 0.3) is 17.0 Å². The van der Waals surface area contributed by atoms with Gasteiger partial charge in [-0.2, -0.15) is 9.78 Å². The number of fused-ring (bicyclic) bond motifs is 1. The van der Waals surface area contributed by atoms with Crippen molar-refractivity contribution in [2.24, 2.45) is 0 Å². The summed E-state index contributed by atoms with van der Waals surface area (Å²) in [6.45, 7) is 1.98. The topological polar surface area (TPSA) is 90.6 Å². The van der Waals surface area contributed by atoms with Crippen molar-refractivity contribution >= 4 is 16.9 Å². The second-order valence-electron chi connectivity index (χ2n) is 7.32. The average Bonchev–Trinajstić information content (AvgIpc) is 3.24. The number of hydrogen-bond acceptors (Lipinski definition) is 7. The Labute approximate surface area is 172 Å². The molecule has 152 valence electrons. The summed E-state index contributed by atoms with van der Waals surface area (Å²) in [7, 11) is 0. The first-order chi connectivity index (χ1) is 14.8. The normalized spacial score (nSPS) is 15.9. The molecule has 30 heavy (non-hydrogen) atoms. The van der Waals surface area contributed by atoms with Gasteiger partial charge in [0, 0.05) is 37.6 Å². The molecule has 1 aliphatic heterocycles. The number of nitrogens with one attached hydrogen (secondary N) is 1.